The largest absolute Gasteiger partial charge is 0.469 e. The maximum atomic E-state index is 11.4. The molecule has 0 bridgehead atoms. The van der Waals surface area contributed by atoms with Gasteiger partial charge in [-0.2, -0.15) is 0 Å². The van der Waals surface area contributed by atoms with Crippen LogP contribution in [0.25, 0.3) is 11.3 Å². The number of benzene rings is 2. The Bertz CT molecular complexity index is 1590. The van der Waals surface area contributed by atoms with E-state index in [1.54, 1.807) is 6.20 Å². The number of likely N-dealkylation sites (tertiary alicyclic amines) is 1. The van der Waals surface area contributed by atoms with E-state index in [1.807, 2.05) is 48.0 Å². The smallest absolute Gasteiger partial charge is 0.305 e. The molecule has 0 N–H and O–H groups in total. The van der Waals surface area contributed by atoms with E-state index < -0.39 is 0 Å². The Hall–Kier alpha value is -4.23. The van der Waals surface area contributed by atoms with E-state index in [-0.39, 0.29) is 18.4 Å². The summed E-state index contributed by atoms with van der Waals surface area (Å²) in [5.41, 5.74) is 4.88. The van der Waals surface area contributed by atoms with Crippen molar-refractivity contribution in [3.05, 3.63) is 95.2 Å². The van der Waals surface area contributed by atoms with Gasteiger partial charge in [-0.25, -0.2) is 4.98 Å². The minimum atomic E-state index is -0.190. The average Bonchev–Trinajstić information content (AvgIpc) is 3.70. The van der Waals surface area contributed by atoms with E-state index >= 15 is 0 Å². The summed E-state index contributed by atoms with van der Waals surface area (Å²) >= 11 is 0. The number of rotatable bonds is 10. The van der Waals surface area contributed by atoms with Crippen LogP contribution in [0.4, 0.5) is 0 Å². The zero-order valence-corrected chi connectivity index (χ0v) is 25.3. The molecule has 4 aromatic rings. The first-order valence-electron chi connectivity index (χ1n) is 15.3. The Balaban J connectivity index is 1.00. The molecule has 2 saturated heterocycles. The summed E-state index contributed by atoms with van der Waals surface area (Å²) < 4.78 is 24.3. The summed E-state index contributed by atoms with van der Waals surface area (Å²) in [6.45, 7) is 6.03. The minimum absolute atomic E-state index is 0.128. The molecule has 6 rings (SSSR count). The normalized spacial score (nSPS) is 17.8. The Morgan fingerprint density at radius 3 is 2.50 bits per heavy atom. The van der Waals surface area contributed by atoms with Crippen LogP contribution in [-0.4, -0.2) is 58.7 Å². The van der Waals surface area contributed by atoms with Gasteiger partial charge in [0.25, 0.3) is 0 Å². The SMILES string of the molecule is COC(=O)CC1CN(Cc2ccc(C#Cc3ccc(-c4cc(Cn5ccnc5[C@H](C)OC5CCCCO5)no4)cc3)cc2)C1. The monoisotopic (exact) mass is 594 g/mol. The van der Waals surface area contributed by atoms with E-state index in [9.17, 15) is 4.79 Å². The molecule has 2 aliphatic heterocycles. The number of imidazole rings is 1. The number of nitrogens with zero attached hydrogens (tertiary/aromatic N) is 4. The van der Waals surface area contributed by atoms with E-state index in [2.05, 4.69) is 51.1 Å². The van der Waals surface area contributed by atoms with Crippen molar-refractivity contribution in [2.24, 2.45) is 5.92 Å². The fourth-order valence-corrected chi connectivity index (χ4v) is 5.68. The number of methoxy groups -OCH3 is 1. The van der Waals surface area contributed by atoms with E-state index in [4.69, 9.17) is 18.7 Å². The van der Waals surface area contributed by atoms with Crippen LogP contribution in [0, 0.1) is 17.8 Å². The molecule has 0 radical (unpaired) electrons. The maximum Gasteiger partial charge on any atom is 0.305 e. The van der Waals surface area contributed by atoms with Crippen molar-refractivity contribution in [2.75, 3.05) is 26.8 Å². The highest BCUT2D eigenvalue weighted by Gasteiger charge is 2.28. The van der Waals surface area contributed by atoms with Gasteiger partial charge in [0, 0.05) is 61.4 Å². The first-order valence-corrected chi connectivity index (χ1v) is 15.3. The molecule has 2 aliphatic rings. The molecule has 2 fully saturated rings. The lowest BCUT2D eigenvalue weighted by molar-refractivity contribution is -0.188. The van der Waals surface area contributed by atoms with Crippen molar-refractivity contribution in [2.45, 2.75) is 58.1 Å². The Labute approximate surface area is 258 Å². The lowest BCUT2D eigenvalue weighted by atomic mass is 9.95. The highest BCUT2D eigenvalue weighted by atomic mass is 16.7. The molecule has 0 spiro atoms. The predicted octanol–water partition coefficient (Wildman–Crippen LogP) is 5.59. The van der Waals surface area contributed by atoms with Crippen molar-refractivity contribution in [3.63, 3.8) is 0 Å². The Kier molecular flexibility index (Phi) is 9.51. The molecule has 9 heteroatoms. The molecule has 2 aromatic heterocycles. The number of ether oxygens (including phenoxy) is 3. The van der Waals surface area contributed by atoms with Crippen molar-refractivity contribution in [1.82, 2.24) is 19.6 Å². The molecule has 0 saturated carbocycles. The summed E-state index contributed by atoms with van der Waals surface area (Å²) in [4.78, 5) is 18.3. The first kappa shape index (κ1) is 29.8. The van der Waals surface area contributed by atoms with E-state index in [1.165, 1.54) is 12.7 Å². The number of hydrogen-bond acceptors (Lipinski definition) is 8. The summed E-state index contributed by atoms with van der Waals surface area (Å²) in [7, 11) is 1.44. The summed E-state index contributed by atoms with van der Waals surface area (Å²) in [5, 5.41) is 4.30. The van der Waals surface area contributed by atoms with Crippen LogP contribution in [0.2, 0.25) is 0 Å². The van der Waals surface area contributed by atoms with Gasteiger partial charge in [-0.3, -0.25) is 9.69 Å². The second-order valence-corrected chi connectivity index (χ2v) is 11.5. The van der Waals surface area contributed by atoms with Crippen molar-refractivity contribution in [1.29, 1.82) is 0 Å². The molecular weight excluding hydrogens is 556 g/mol. The van der Waals surface area contributed by atoms with Gasteiger partial charge in [0.1, 0.15) is 17.6 Å². The number of esters is 1. The molecule has 0 amide bonds. The molecule has 0 aliphatic carbocycles. The average molecular weight is 595 g/mol. The van der Waals surface area contributed by atoms with Crippen molar-refractivity contribution < 1.29 is 23.5 Å². The summed E-state index contributed by atoms with van der Waals surface area (Å²) in [5.74, 6) is 8.32. The topological polar surface area (TPSA) is 91.9 Å². The zero-order valence-electron chi connectivity index (χ0n) is 25.3. The molecule has 2 atom stereocenters. The van der Waals surface area contributed by atoms with Crippen molar-refractivity contribution >= 4 is 5.97 Å². The van der Waals surface area contributed by atoms with Gasteiger partial charge in [-0.15, -0.1) is 0 Å². The third-order valence-corrected chi connectivity index (χ3v) is 8.09. The fraction of sp³-hybridized carbons (Fsp3) is 0.400. The molecular formula is C35H38N4O5. The zero-order chi connectivity index (χ0) is 30.3. The Morgan fingerprint density at radius 2 is 1.80 bits per heavy atom. The standard InChI is InChI=1S/C35H38N4O5/c1-25(43-34-5-3-4-18-42-34)35-36-16-17-39(35)24-31-20-32(44-37-31)30-14-12-27(13-15-30)7-6-26-8-10-28(11-9-26)21-38-22-29(23-38)19-33(40)41-2/h8-17,20,25,29,34H,3-5,18-19,21-24H2,1-2H3/t25-,34?/m0/s1. The second kappa shape index (κ2) is 14.0. The minimum Gasteiger partial charge on any atom is -0.469 e. The van der Waals surface area contributed by atoms with E-state index in [0.29, 0.717) is 24.6 Å². The molecule has 2 aromatic carbocycles. The summed E-state index contributed by atoms with van der Waals surface area (Å²) in [6, 6.07) is 18.3. The van der Waals surface area contributed by atoms with Gasteiger partial charge in [-0.05, 0) is 74.1 Å². The van der Waals surface area contributed by atoms with Crippen LogP contribution >= 0.6 is 0 Å². The van der Waals surface area contributed by atoms with Crippen LogP contribution in [0.15, 0.2) is 71.5 Å². The lowest BCUT2D eigenvalue weighted by Crippen LogP contribution is -2.46. The number of aromatic nitrogens is 3. The summed E-state index contributed by atoms with van der Waals surface area (Å²) in [6.07, 6.45) is 6.98. The van der Waals surface area contributed by atoms with Gasteiger partial charge in [0.05, 0.1) is 20.1 Å². The molecule has 9 nitrogen and oxygen atoms in total. The maximum absolute atomic E-state index is 11.4. The van der Waals surface area contributed by atoms with Crippen LogP contribution < -0.4 is 0 Å². The van der Waals surface area contributed by atoms with Crippen LogP contribution in [-0.2, 0) is 32.1 Å². The van der Waals surface area contributed by atoms with Gasteiger partial charge in [-0.1, -0.05) is 29.1 Å². The van der Waals surface area contributed by atoms with Gasteiger partial charge >= 0.3 is 5.97 Å². The quantitative estimate of drug-likeness (QED) is 0.174. The number of hydrogen-bond donors (Lipinski definition) is 0. The molecule has 228 valence electrons. The fourth-order valence-electron chi connectivity index (χ4n) is 5.68. The Morgan fingerprint density at radius 1 is 1.05 bits per heavy atom. The number of carbonyl (C=O) groups is 1. The van der Waals surface area contributed by atoms with E-state index in [0.717, 1.165) is 73.7 Å². The third-order valence-electron chi connectivity index (χ3n) is 8.09. The second-order valence-electron chi connectivity index (χ2n) is 11.5. The van der Waals surface area contributed by atoms with Gasteiger partial charge in [0.2, 0.25) is 0 Å². The third kappa shape index (κ3) is 7.64. The number of carbonyl (C=O) groups excluding carboxylic acids is 1. The molecule has 44 heavy (non-hydrogen) atoms. The first-order chi connectivity index (χ1) is 21.5. The van der Waals surface area contributed by atoms with Crippen molar-refractivity contribution in [3.8, 4) is 23.2 Å². The van der Waals surface area contributed by atoms with Gasteiger partial charge in [0.15, 0.2) is 12.1 Å². The van der Waals surface area contributed by atoms with Gasteiger partial charge < -0.3 is 23.3 Å². The van der Waals surface area contributed by atoms with Crippen LogP contribution in [0.3, 0.4) is 0 Å². The lowest BCUT2D eigenvalue weighted by Gasteiger charge is -2.38. The van der Waals surface area contributed by atoms with Crippen LogP contribution in [0.1, 0.15) is 66.9 Å². The highest BCUT2D eigenvalue weighted by molar-refractivity contribution is 5.69. The molecule has 1 unspecified atom stereocenters. The predicted molar refractivity (Wildman–Crippen MR) is 164 cm³/mol. The highest BCUT2D eigenvalue weighted by Crippen LogP contribution is 2.25. The van der Waals surface area contributed by atoms with Crippen LogP contribution in [0.5, 0.6) is 0 Å². The molecule has 4 heterocycles.